The summed E-state index contributed by atoms with van der Waals surface area (Å²) in [7, 11) is -4.50. The first-order valence-electron chi connectivity index (χ1n) is 6.81. The van der Waals surface area contributed by atoms with E-state index in [0.717, 1.165) is 36.4 Å². The van der Waals surface area contributed by atoms with Crippen molar-refractivity contribution in [2.45, 2.75) is 17.1 Å². The number of hydrogen-bond acceptors (Lipinski definition) is 4. The first kappa shape index (κ1) is 17.3. The summed E-state index contributed by atoms with van der Waals surface area (Å²) in [6.07, 6.45) is -2.38. The van der Waals surface area contributed by atoms with Gasteiger partial charge in [-0.1, -0.05) is 17.3 Å². The second-order valence-corrected chi connectivity index (χ2v) is 6.83. The molecular weight excluding hydrogens is 364 g/mol. The van der Waals surface area contributed by atoms with Crippen molar-refractivity contribution < 1.29 is 26.0 Å². The molecule has 3 rings (SSSR count). The van der Waals surface area contributed by atoms with Gasteiger partial charge in [-0.3, -0.25) is 0 Å². The molecule has 1 atom stereocenters. The zero-order valence-corrected chi connectivity index (χ0v) is 13.1. The van der Waals surface area contributed by atoms with Gasteiger partial charge in [0.1, 0.15) is 11.9 Å². The van der Waals surface area contributed by atoms with Crippen LogP contribution in [-0.2, 0) is 10.0 Å². The molecule has 0 fully saturated rings. The molecule has 0 saturated carbocycles. The normalized spacial score (nSPS) is 13.9. The van der Waals surface area contributed by atoms with E-state index < -0.39 is 33.6 Å². The van der Waals surface area contributed by atoms with Gasteiger partial charge in [0, 0.05) is 6.20 Å². The van der Waals surface area contributed by atoms with Crippen LogP contribution in [0.5, 0.6) is 0 Å². The third kappa shape index (κ3) is 3.61. The maximum Gasteiger partial charge on any atom is 0.408 e. The van der Waals surface area contributed by atoms with Crippen LogP contribution in [0.25, 0.3) is 5.52 Å². The number of nitrogens with one attached hydrogen (secondary N) is 1. The van der Waals surface area contributed by atoms with Crippen LogP contribution < -0.4 is 4.72 Å². The molecule has 0 saturated heterocycles. The minimum atomic E-state index is -4.91. The monoisotopic (exact) mass is 374 g/mol. The zero-order valence-electron chi connectivity index (χ0n) is 12.3. The Morgan fingerprint density at radius 2 is 1.80 bits per heavy atom. The molecule has 0 aliphatic carbocycles. The number of hydrogen-bond donors (Lipinski definition) is 1. The molecule has 1 aromatic carbocycles. The zero-order chi connectivity index (χ0) is 18.2. The first-order chi connectivity index (χ1) is 11.7. The summed E-state index contributed by atoms with van der Waals surface area (Å²) in [5.74, 6) is -0.730. The lowest BCUT2D eigenvalue weighted by molar-refractivity contribution is -0.153. The van der Waals surface area contributed by atoms with E-state index in [1.165, 1.54) is 16.9 Å². The van der Waals surface area contributed by atoms with E-state index in [0.29, 0.717) is 5.52 Å². The molecule has 0 bridgehead atoms. The van der Waals surface area contributed by atoms with Crippen LogP contribution in [0.1, 0.15) is 11.6 Å². The number of alkyl halides is 3. The number of sulfonamides is 1. The molecule has 1 unspecified atom stereocenters. The SMILES string of the molecule is O=S(=O)(NC(c1ccc(F)cc1)C(F)(F)F)c1ccn2nncc2c1. The Morgan fingerprint density at radius 1 is 1.12 bits per heavy atom. The summed E-state index contributed by atoms with van der Waals surface area (Å²) in [4.78, 5) is -0.376. The Bertz CT molecular complexity index is 1000. The van der Waals surface area contributed by atoms with E-state index in [-0.39, 0.29) is 4.90 Å². The molecule has 0 spiro atoms. The number of benzene rings is 1. The standard InChI is InChI=1S/C14H10F4N4O2S/c15-10-3-1-9(2-4-10)13(14(16,17)18)20-25(23,24)12-5-6-22-11(7-12)8-19-21-22/h1-8,13,20H. The third-order valence-electron chi connectivity index (χ3n) is 3.39. The van der Waals surface area contributed by atoms with Crippen LogP contribution in [0, 0.1) is 5.82 Å². The fraction of sp³-hybridized carbons (Fsp3) is 0.143. The van der Waals surface area contributed by atoms with Crippen molar-refractivity contribution in [2.24, 2.45) is 0 Å². The van der Waals surface area contributed by atoms with Crippen LogP contribution in [-0.4, -0.2) is 29.4 Å². The molecule has 0 aliphatic rings. The van der Waals surface area contributed by atoms with Gasteiger partial charge in [-0.05, 0) is 29.8 Å². The summed E-state index contributed by atoms with van der Waals surface area (Å²) >= 11 is 0. The van der Waals surface area contributed by atoms with Crippen molar-refractivity contribution in [3.8, 4) is 0 Å². The topological polar surface area (TPSA) is 76.4 Å². The predicted octanol–water partition coefficient (Wildman–Crippen LogP) is 2.45. The lowest BCUT2D eigenvalue weighted by Gasteiger charge is -2.22. The van der Waals surface area contributed by atoms with Crippen molar-refractivity contribution in [3.63, 3.8) is 0 Å². The van der Waals surface area contributed by atoms with Crippen LogP contribution in [0.2, 0.25) is 0 Å². The Hall–Kier alpha value is -2.53. The van der Waals surface area contributed by atoms with Crippen LogP contribution in [0.15, 0.2) is 53.7 Å². The van der Waals surface area contributed by atoms with E-state index in [2.05, 4.69) is 10.3 Å². The number of fused-ring (bicyclic) bond motifs is 1. The summed E-state index contributed by atoms with van der Waals surface area (Å²) in [5.41, 5.74) is -0.127. The van der Waals surface area contributed by atoms with E-state index in [4.69, 9.17) is 0 Å². The van der Waals surface area contributed by atoms with Crippen molar-refractivity contribution in [1.29, 1.82) is 0 Å². The molecular formula is C14H10F4N4O2S. The van der Waals surface area contributed by atoms with Crippen molar-refractivity contribution in [1.82, 2.24) is 19.5 Å². The quantitative estimate of drug-likeness (QED) is 0.712. The highest BCUT2D eigenvalue weighted by Gasteiger charge is 2.43. The van der Waals surface area contributed by atoms with E-state index in [1.54, 1.807) is 4.72 Å². The molecule has 0 radical (unpaired) electrons. The molecule has 25 heavy (non-hydrogen) atoms. The average Bonchev–Trinajstić information content (AvgIpc) is 3.00. The van der Waals surface area contributed by atoms with Crippen LogP contribution in [0.4, 0.5) is 17.6 Å². The van der Waals surface area contributed by atoms with Gasteiger partial charge < -0.3 is 0 Å². The maximum atomic E-state index is 13.3. The van der Waals surface area contributed by atoms with Gasteiger partial charge in [-0.2, -0.15) is 17.9 Å². The van der Waals surface area contributed by atoms with Gasteiger partial charge in [-0.25, -0.2) is 17.3 Å². The summed E-state index contributed by atoms with van der Waals surface area (Å²) < 4.78 is 80.5. The van der Waals surface area contributed by atoms with E-state index >= 15 is 0 Å². The summed E-state index contributed by atoms with van der Waals surface area (Å²) in [6, 6.07) is 3.12. The lowest BCUT2D eigenvalue weighted by atomic mass is 10.1. The Labute approximate surface area is 139 Å². The predicted molar refractivity (Wildman–Crippen MR) is 78.5 cm³/mol. The average molecular weight is 374 g/mol. The molecule has 132 valence electrons. The summed E-state index contributed by atoms with van der Waals surface area (Å²) in [6.45, 7) is 0. The van der Waals surface area contributed by atoms with Gasteiger partial charge in [0.2, 0.25) is 10.0 Å². The number of halogens is 4. The van der Waals surface area contributed by atoms with Crippen molar-refractivity contribution in [3.05, 3.63) is 60.2 Å². The highest BCUT2D eigenvalue weighted by molar-refractivity contribution is 7.89. The van der Waals surface area contributed by atoms with Gasteiger partial charge in [0.05, 0.1) is 16.6 Å². The smallest absolute Gasteiger partial charge is 0.221 e. The lowest BCUT2D eigenvalue weighted by Crippen LogP contribution is -2.38. The summed E-state index contributed by atoms with van der Waals surface area (Å²) in [5, 5.41) is 7.20. The molecule has 3 aromatic rings. The van der Waals surface area contributed by atoms with Gasteiger partial charge >= 0.3 is 6.18 Å². The highest BCUT2D eigenvalue weighted by Crippen LogP contribution is 2.34. The van der Waals surface area contributed by atoms with E-state index in [9.17, 15) is 26.0 Å². The van der Waals surface area contributed by atoms with Crippen molar-refractivity contribution >= 4 is 15.5 Å². The number of rotatable bonds is 4. The fourth-order valence-corrected chi connectivity index (χ4v) is 3.41. The second kappa shape index (κ2) is 6.08. The molecule has 11 heteroatoms. The van der Waals surface area contributed by atoms with Gasteiger partial charge in [0.25, 0.3) is 0 Å². The third-order valence-corrected chi connectivity index (χ3v) is 4.81. The molecule has 6 nitrogen and oxygen atoms in total. The second-order valence-electron chi connectivity index (χ2n) is 5.11. The Morgan fingerprint density at radius 3 is 2.44 bits per heavy atom. The minimum absolute atomic E-state index is 0.299. The fourth-order valence-electron chi connectivity index (χ4n) is 2.18. The van der Waals surface area contributed by atoms with E-state index in [1.807, 2.05) is 0 Å². The highest BCUT2D eigenvalue weighted by atomic mass is 32.2. The minimum Gasteiger partial charge on any atom is -0.221 e. The molecule has 2 heterocycles. The largest absolute Gasteiger partial charge is 0.408 e. The van der Waals surface area contributed by atoms with Gasteiger partial charge in [0.15, 0.2) is 0 Å². The Kier molecular flexibility index (Phi) is 4.21. The molecule has 2 aromatic heterocycles. The van der Waals surface area contributed by atoms with Crippen molar-refractivity contribution in [2.75, 3.05) is 0 Å². The molecule has 0 aliphatic heterocycles. The van der Waals surface area contributed by atoms with Crippen LogP contribution >= 0.6 is 0 Å². The maximum absolute atomic E-state index is 13.3. The van der Waals surface area contributed by atoms with Gasteiger partial charge in [-0.15, -0.1) is 5.10 Å². The molecule has 0 amide bonds. The number of pyridine rings is 1. The number of aromatic nitrogens is 3. The Balaban J connectivity index is 1.98. The number of nitrogens with zero attached hydrogens (tertiary/aromatic N) is 3. The first-order valence-corrected chi connectivity index (χ1v) is 8.30. The van der Waals surface area contributed by atoms with Crippen LogP contribution in [0.3, 0.4) is 0 Å². The molecule has 1 N–H and O–H groups in total.